The summed E-state index contributed by atoms with van der Waals surface area (Å²) in [4.78, 5) is 22.1. The van der Waals surface area contributed by atoms with Gasteiger partial charge in [0.25, 0.3) is 0 Å². The van der Waals surface area contributed by atoms with E-state index in [2.05, 4.69) is 10.6 Å². The Labute approximate surface area is 76.1 Å². The molecule has 0 saturated carbocycles. The van der Waals surface area contributed by atoms with Crippen LogP contribution in [-0.4, -0.2) is 24.4 Å². The number of hydrogen-bond donors (Lipinski definition) is 2. The molecule has 1 atom stereocenters. The molecule has 1 unspecified atom stereocenters. The minimum atomic E-state index is -0.449. The first-order valence-electron chi connectivity index (χ1n) is 4.18. The third kappa shape index (κ3) is 2.75. The van der Waals surface area contributed by atoms with Gasteiger partial charge in [0.05, 0.1) is 6.07 Å². The maximum atomic E-state index is 11.2. The molecule has 1 aliphatic rings. The van der Waals surface area contributed by atoms with Gasteiger partial charge in [0.1, 0.15) is 12.6 Å². The lowest BCUT2D eigenvalue weighted by Crippen LogP contribution is -2.49. The maximum absolute atomic E-state index is 11.2. The molecule has 13 heavy (non-hydrogen) atoms. The molecule has 2 N–H and O–H groups in total. The average molecular weight is 181 g/mol. The van der Waals surface area contributed by atoms with Crippen molar-refractivity contribution in [3.05, 3.63) is 0 Å². The molecule has 5 nitrogen and oxygen atoms in total. The molecule has 5 heteroatoms. The molecule has 0 aromatic carbocycles. The first-order valence-corrected chi connectivity index (χ1v) is 4.18. The van der Waals surface area contributed by atoms with Crippen LogP contribution in [0.4, 0.5) is 0 Å². The van der Waals surface area contributed by atoms with E-state index >= 15 is 0 Å². The monoisotopic (exact) mass is 181 g/mol. The Hall–Kier alpha value is -1.57. The van der Waals surface area contributed by atoms with Crippen molar-refractivity contribution in [3.8, 4) is 6.07 Å². The van der Waals surface area contributed by atoms with Crippen molar-refractivity contribution >= 4 is 11.8 Å². The van der Waals surface area contributed by atoms with Crippen LogP contribution in [0.3, 0.4) is 0 Å². The van der Waals surface area contributed by atoms with E-state index in [1.54, 1.807) is 6.07 Å². The van der Waals surface area contributed by atoms with E-state index in [1.165, 1.54) is 0 Å². The van der Waals surface area contributed by atoms with Gasteiger partial charge in [-0.25, -0.2) is 0 Å². The Kier molecular flexibility index (Phi) is 3.26. The third-order valence-electron chi connectivity index (χ3n) is 1.89. The molecule has 0 spiro atoms. The summed E-state index contributed by atoms with van der Waals surface area (Å²) in [7, 11) is 0. The number of rotatable bonds is 2. The third-order valence-corrected chi connectivity index (χ3v) is 1.89. The highest BCUT2D eigenvalue weighted by Gasteiger charge is 2.23. The molecule has 1 heterocycles. The van der Waals surface area contributed by atoms with Crippen molar-refractivity contribution < 1.29 is 9.59 Å². The lowest BCUT2D eigenvalue weighted by Gasteiger charge is -2.21. The number of piperidine rings is 1. The number of amides is 2. The highest BCUT2D eigenvalue weighted by Crippen LogP contribution is 2.07. The Bertz CT molecular complexity index is 257. The van der Waals surface area contributed by atoms with Crippen molar-refractivity contribution in [2.24, 2.45) is 0 Å². The van der Waals surface area contributed by atoms with E-state index in [1.807, 2.05) is 0 Å². The zero-order chi connectivity index (χ0) is 9.68. The Morgan fingerprint density at radius 3 is 3.15 bits per heavy atom. The highest BCUT2D eigenvalue weighted by molar-refractivity contribution is 5.88. The van der Waals surface area contributed by atoms with E-state index in [-0.39, 0.29) is 18.4 Å². The number of nitriles is 1. The summed E-state index contributed by atoms with van der Waals surface area (Å²) in [5.74, 6) is -0.363. The Morgan fingerprint density at radius 2 is 2.54 bits per heavy atom. The van der Waals surface area contributed by atoms with Crippen LogP contribution in [-0.2, 0) is 9.59 Å². The van der Waals surface area contributed by atoms with Crippen LogP contribution < -0.4 is 10.6 Å². The summed E-state index contributed by atoms with van der Waals surface area (Å²) < 4.78 is 0. The molecule has 1 saturated heterocycles. The fourth-order valence-electron chi connectivity index (χ4n) is 1.25. The molecule has 0 radical (unpaired) electrons. The predicted octanol–water partition coefficient (Wildman–Crippen LogP) is -0.705. The van der Waals surface area contributed by atoms with Gasteiger partial charge in [0.2, 0.25) is 11.8 Å². The minimum absolute atomic E-state index is 0.00873. The lowest BCUT2D eigenvalue weighted by molar-refractivity contribution is -0.130. The van der Waals surface area contributed by atoms with Gasteiger partial charge in [-0.1, -0.05) is 0 Å². The van der Waals surface area contributed by atoms with Crippen molar-refractivity contribution in [1.29, 1.82) is 5.26 Å². The van der Waals surface area contributed by atoms with Crippen molar-refractivity contribution in [1.82, 2.24) is 10.6 Å². The molecule has 1 fully saturated rings. The second-order valence-corrected chi connectivity index (χ2v) is 2.89. The number of nitrogens with one attached hydrogen (secondary N) is 2. The van der Waals surface area contributed by atoms with Crippen LogP contribution in [0, 0.1) is 11.3 Å². The minimum Gasteiger partial charge on any atom is -0.344 e. The van der Waals surface area contributed by atoms with Crippen LogP contribution in [0.5, 0.6) is 0 Å². The molecule has 0 aliphatic carbocycles. The first-order chi connectivity index (χ1) is 6.24. The van der Waals surface area contributed by atoms with Crippen molar-refractivity contribution in [2.75, 3.05) is 6.54 Å². The standard InChI is InChI=1S/C8H11N3O2/c9-4-5-10-8(13)6-2-1-3-7(12)11-6/h6H,1-3,5H2,(H,10,13)(H,11,12). The molecule has 0 aromatic rings. The van der Waals surface area contributed by atoms with Gasteiger partial charge in [0.15, 0.2) is 0 Å². The number of carbonyl (C=O) groups is 2. The molecule has 70 valence electrons. The van der Waals surface area contributed by atoms with E-state index in [9.17, 15) is 9.59 Å². The van der Waals surface area contributed by atoms with Crippen LogP contribution >= 0.6 is 0 Å². The van der Waals surface area contributed by atoms with Crippen LogP contribution in [0.1, 0.15) is 19.3 Å². The number of carbonyl (C=O) groups excluding carboxylic acids is 2. The number of hydrogen-bond acceptors (Lipinski definition) is 3. The summed E-state index contributed by atoms with van der Waals surface area (Å²) >= 11 is 0. The predicted molar refractivity (Wildman–Crippen MR) is 44.4 cm³/mol. The molecule has 2 amide bonds. The smallest absolute Gasteiger partial charge is 0.243 e. The Morgan fingerprint density at radius 1 is 1.77 bits per heavy atom. The van der Waals surface area contributed by atoms with E-state index in [4.69, 9.17) is 5.26 Å². The average Bonchev–Trinajstić information content (AvgIpc) is 2.14. The fourth-order valence-corrected chi connectivity index (χ4v) is 1.25. The number of nitrogens with zero attached hydrogens (tertiary/aromatic N) is 1. The molecular weight excluding hydrogens is 170 g/mol. The van der Waals surface area contributed by atoms with Crippen LogP contribution in [0.2, 0.25) is 0 Å². The van der Waals surface area contributed by atoms with Gasteiger partial charge in [-0.05, 0) is 12.8 Å². The van der Waals surface area contributed by atoms with Gasteiger partial charge in [-0.3, -0.25) is 9.59 Å². The first kappa shape index (κ1) is 9.52. The normalized spacial score (nSPS) is 21.5. The zero-order valence-corrected chi connectivity index (χ0v) is 7.17. The molecule has 1 rings (SSSR count). The quantitative estimate of drug-likeness (QED) is 0.552. The molecular formula is C8H11N3O2. The van der Waals surface area contributed by atoms with Gasteiger partial charge >= 0.3 is 0 Å². The van der Waals surface area contributed by atoms with Gasteiger partial charge < -0.3 is 10.6 Å². The Balaban J connectivity index is 2.38. The van der Waals surface area contributed by atoms with E-state index < -0.39 is 6.04 Å². The van der Waals surface area contributed by atoms with Crippen LogP contribution in [0.15, 0.2) is 0 Å². The summed E-state index contributed by atoms with van der Waals surface area (Å²) in [5, 5.41) is 13.2. The maximum Gasteiger partial charge on any atom is 0.243 e. The SMILES string of the molecule is N#CCNC(=O)C1CCCC(=O)N1. The van der Waals surface area contributed by atoms with Gasteiger partial charge in [-0.2, -0.15) is 5.26 Å². The topological polar surface area (TPSA) is 82.0 Å². The fraction of sp³-hybridized carbons (Fsp3) is 0.625. The lowest BCUT2D eigenvalue weighted by atomic mass is 10.0. The van der Waals surface area contributed by atoms with E-state index in [0.29, 0.717) is 12.8 Å². The van der Waals surface area contributed by atoms with Crippen molar-refractivity contribution in [3.63, 3.8) is 0 Å². The zero-order valence-electron chi connectivity index (χ0n) is 7.17. The molecule has 1 aliphatic heterocycles. The largest absolute Gasteiger partial charge is 0.344 e. The second kappa shape index (κ2) is 4.45. The summed E-state index contributed by atoms with van der Waals surface area (Å²) in [6, 6.07) is 1.35. The summed E-state index contributed by atoms with van der Waals surface area (Å²) in [6.45, 7) is -0.00873. The van der Waals surface area contributed by atoms with Gasteiger partial charge in [-0.15, -0.1) is 0 Å². The molecule has 0 aromatic heterocycles. The summed E-state index contributed by atoms with van der Waals surface area (Å²) in [6.07, 6.45) is 1.88. The summed E-state index contributed by atoms with van der Waals surface area (Å²) in [5.41, 5.74) is 0. The van der Waals surface area contributed by atoms with Crippen LogP contribution in [0.25, 0.3) is 0 Å². The second-order valence-electron chi connectivity index (χ2n) is 2.89. The van der Waals surface area contributed by atoms with E-state index in [0.717, 1.165) is 6.42 Å². The van der Waals surface area contributed by atoms with Crippen molar-refractivity contribution in [2.45, 2.75) is 25.3 Å². The van der Waals surface area contributed by atoms with Gasteiger partial charge in [0, 0.05) is 6.42 Å². The molecule has 0 bridgehead atoms. The highest BCUT2D eigenvalue weighted by atomic mass is 16.2.